The first-order valence-electron chi connectivity index (χ1n) is 5.04. The highest BCUT2D eigenvalue weighted by atomic mass is 16.5. The van der Waals surface area contributed by atoms with Crippen LogP contribution in [0.5, 0.6) is 5.88 Å². The molecule has 2 heterocycles. The Bertz CT molecular complexity index is 583. The van der Waals surface area contributed by atoms with Gasteiger partial charge in [-0.05, 0) is 13.0 Å². The van der Waals surface area contributed by atoms with Crippen molar-refractivity contribution in [1.29, 1.82) is 0 Å². The summed E-state index contributed by atoms with van der Waals surface area (Å²) in [5, 5.41) is 9.79. The topological polar surface area (TPSA) is 98.3 Å². The molecule has 0 aliphatic heterocycles. The molecule has 0 atom stereocenters. The number of hydrogen-bond acceptors (Lipinski definition) is 6. The molecule has 0 spiro atoms. The molecule has 0 aliphatic carbocycles. The fourth-order valence-corrected chi connectivity index (χ4v) is 1.50. The Morgan fingerprint density at radius 2 is 2.29 bits per heavy atom. The Kier molecular flexibility index (Phi) is 2.78. The maximum absolute atomic E-state index is 11.7. The van der Waals surface area contributed by atoms with Gasteiger partial charge in [0.05, 0.1) is 12.2 Å². The summed E-state index contributed by atoms with van der Waals surface area (Å²) >= 11 is 0. The molecule has 2 aromatic heterocycles. The number of ether oxygens (including phenoxy) is 1. The van der Waals surface area contributed by atoms with Crippen LogP contribution < -0.4 is 5.73 Å². The fourth-order valence-electron chi connectivity index (χ4n) is 1.50. The third-order valence-corrected chi connectivity index (χ3v) is 2.24. The number of aromatic nitrogens is 2. The van der Waals surface area contributed by atoms with Crippen molar-refractivity contribution >= 4 is 22.7 Å². The maximum Gasteiger partial charge on any atom is 0.340 e. The smallest absolute Gasteiger partial charge is 0.340 e. The van der Waals surface area contributed by atoms with Crippen molar-refractivity contribution in [3.8, 4) is 5.88 Å². The van der Waals surface area contributed by atoms with Crippen LogP contribution in [0.3, 0.4) is 0 Å². The number of nitrogens with zero attached hydrogens (tertiary/aromatic N) is 2. The van der Waals surface area contributed by atoms with Gasteiger partial charge in [-0.25, -0.2) is 14.8 Å². The number of carbonyl (C=O) groups excluding carboxylic acids is 1. The summed E-state index contributed by atoms with van der Waals surface area (Å²) in [5.74, 6) is -0.506. The average molecular weight is 233 g/mol. The van der Waals surface area contributed by atoms with Gasteiger partial charge in [0.1, 0.15) is 11.3 Å². The highest BCUT2D eigenvalue weighted by molar-refractivity contribution is 6.05. The van der Waals surface area contributed by atoms with Gasteiger partial charge in [-0.3, -0.25) is 0 Å². The molecule has 88 valence electrons. The first-order valence-corrected chi connectivity index (χ1v) is 5.04. The van der Waals surface area contributed by atoms with E-state index in [-0.39, 0.29) is 29.4 Å². The van der Waals surface area contributed by atoms with Gasteiger partial charge in [0.25, 0.3) is 0 Å². The monoisotopic (exact) mass is 233 g/mol. The molecule has 6 nitrogen and oxygen atoms in total. The Labute approximate surface area is 97.1 Å². The number of esters is 1. The van der Waals surface area contributed by atoms with Gasteiger partial charge in [-0.15, -0.1) is 0 Å². The summed E-state index contributed by atoms with van der Waals surface area (Å²) in [4.78, 5) is 19.4. The lowest BCUT2D eigenvalue weighted by atomic mass is 10.1. The number of hydrogen-bond donors (Lipinski definition) is 2. The van der Waals surface area contributed by atoms with Crippen molar-refractivity contribution in [3.63, 3.8) is 0 Å². The van der Waals surface area contributed by atoms with Crippen LogP contribution in [0, 0.1) is 0 Å². The fraction of sp³-hybridized carbons (Fsp3) is 0.182. The number of fused-ring (bicyclic) bond motifs is 1. The number of nitrogen functional groups attached to an aromatic ring is 1. The van der Waals surface area contributed by atoms with E-state index in [1.165, 1.54) is 12.3 Å². The summed E-state index contributed by atoms with van der Waals surface area (Å²) in [5.41, 5.74) is 6.20. The first-order chi connectivity index (χ1) is 8.13. The molecule has 6 heteroatoms. The van der Waals surface area contributed by atoms with E-state index in [0.717, 1.165) is 0 Å². The summed E-state index contributed by atoms with van der Waals surface area (Å²) in [6.07, 6.45) is 1.34. The molecular weight excluding hydrogens is 222 g/mol. The van der Waals surface area contributed by atoms with E-state index in [1.54, 1.807) is 13.0 Å². The van der Waals surface area contributed by atoms with Crippen LogP contribution >= 0.6 is 0 Å². The lowest BCUT2D eigenvalue weighted by Crippen LogP contribution is -2.07. The normalized spacial score (nSPS) is 10.4. The van der Waals surface area contributed by atoms with Gasteiger partial charge in [0, 0.05) is 17.6 Å². The minimum atomic E-state index is -0.488. The third-order valence-electron chi connectivity index (χ3n) is 2.24. The van der Waals surface area contributed by atoms with Crippen molar-refractivity contribution in [2.24, 2.45) is 0 Å². The Morgan fingerprint density at radius 1 is 1.53 bits per heavy atom. The van der Waals surface area contributed by atoms with Crippen molar-refractivity contribution in [1.82, 2.24) is 9.97 Å². The van der Waals surface area contributed by atoms with E-state index >= 15 is 0 Å². The minimum absolute atomic E-state index is 0.156. The van der Waals surface area contributed by atoms with Crippen LogP contribution in [0.4, 0.5) is 5.82 Å². The maximum atomic E-state index is 11.7. The lowest BCUT2D eigenvalue weighted by molar-refractivity contribution is 0.0528. The summed E-state index contributed by atoms with van der Waals surface area (Å²) in [6, 6.07) is 2.94. The van der Waals surface area contributed by atoms with Crippen molar-refractivity contribution in [3.05, 3.63) is 23.9 Å². The highest BCUT2D eigenvalue weighted by Crippen LogP contribution is 2.23. The Hall–Kier alpha value is -2.37. The molecule has 2 rings (SSSR count). The van der Waals surface area contributed by atoms with Crippen LogP contribution in [0.2, 0.25) is 0 Å². The molecule has 0 saturated heterocycles. The second kappa shape index (κ2) is 4.25. The quantitative estimate of drug-likeness (QED) is 0.753. The molecule has 17 heavy (non-hydrogen) atoms. The zero-order chi connectivity index (χ0) is 12.4. The SMILES string of the molecule is CCOC(=O)c1cnc(N)c2nc(O)ccc12. The average Bonchev–Trinajstić information content (AvgIpc) is 2.30. The molecule has 0 amide bonds. The molecule has 2 aromatic rings. The largest absolute Gasteiger partial charge is 0.493 e. The predicted molar refractivity (Wildman–Crippen MR) is 61.6 cm³/mol. The second-order valence-electron chi connectivity index (χ2n) is 3.34. The molecule has 0 bridgehead atoms. The summed E-state index contributed by atoms with van der Waals surface area (Å²) in [6.45, 7) is 1.99. The second-order valence-corrected chi connectivity index (χ2v) is 3.34. The van der Waals surface area contributed by atoms with Crippen LogP contribution in [-0.2, 0) is 4.74 Å². The number of rotatable bonds is 2. The van der Waals surface area contributed by atoms with E-state index < -0.39 is 5.97 Å². The first kappa shape index (κ1) is 11.1. The van der Waals surface area contributed by atoms with Gasteiger partial charge in [-0.2, -0.15) is 0 Å². The molecule has 0 radical (unpaired) electrons. The molecule has 0 fully saturated rings. The van der Waals surface area contributed by atoms with Gasteiger partial charge < -0.3 is 15.6 Å². The number of aromatic hydroxyl groups is 1. The van der Waals surface area contributed by atoms with Crippen LogP contribution in [0.1, 0.15) is 17.3 Å². The van der Waals surface area contributed by atoms with E-state index in [2.05, 4.69) is 9.97 Å². The van der Waals surface area contributed by atoms with Gasteiger partial charge >= 0.3 is 5.97 Å². The third kappa shape index (κ3) is 1.96. The molecular formula is C11H11N3O3. The molecule has 0 unspecified atom stereocenters. The number of nitrogens with two attached hydrogens (primary N) is 1. The van der Waals surface area contributed by atoms with Crippen LogP contribution in [0.25, 0.3) is 10.9 Å². The van der Waals surface area contributed by atoms with Crippen LogP contribution in [0.15, 0.2) is 18.3 Å². The van der Waals surface area contributed by atoms with Gasteiger partial charge in [0.15, 0.2) is 0 Å². The predicted octanol–water partition coefficient (Wildman–Crippen LogP) is 1.09. The Morgan fingerprint density at radius 3 is 3.00 bits per heavy atom. The van der Waals surface area contributed by atoms with Gasteiger partial charge in [-0.1, -0.05) is 0 Å². The van der Waals surface area contributed by atoms with Crippen molar-refractivity contribution in [2.75, 3.05) is 12.3 Å². The van der Waals surface area contributed by atoms with E-state index in [1.807, 2.05) is 0 Å². The highest BCUT2D eigenvalue weighted by Gasteiger charge is 2.14. The Balaban J connectivity index is 2.66. The zero-order valence-electron chi connectivity index (χ0n) is 9.17. The van der Waals surface area contributed by atoms with Gasteiger partial charge in [0.2, 0.25) is 5.88 Å². The summed E-state index contributed by atoms with van der Waals surface area (Å²) in [7, 11) is 0. The standard InChI is InChI=1S/C11H11N3O3/c1-2-17-11(16)7-5-13-10(12)9-6(7)3-4-8(15)14-9/h3-5H,2H2,1H3,(H2,12,13)(H,14,15). The number of anilines is 1. The molecule has 0 aromatic carbocycles. The van der Waals surface area contributed by atoms with E-state index in [0.29, 0.717) is 5.39 Å². The van der Waals surface area contributed by atoms with Crippen LogP contribution in [-0.4, -0.2) is 27.7 Å². The van der Waals surface area contributed by atoms with E-state index in [9.17, 15) is 9.90 Å². The summed E-state index contributed by atoms with van der Waals surface area (Å²) < 4.78 is 4.90. The van der Waals surface area contributed by atoms with Crippen molar-refractivity contribution in [2.45, 2.75) is 6.92 Å². The zero-order valence-corrected chi connectivity index (χ0v) is 9.17. The number of carbonyl (C=O) groups is 1. The van der Waals surface area contributed by atoms with E-state index in [4.69, 9.17) is 10.5 Å². The molecule has 3 N–H and O–H groups in total. The number of pyridine rings is 2. The lowest BCUT2D eigenvalue weighted by Gasteiger charge is -2.06. The molecule has 0 aliphatic rings. The molecule has 0 saturated carbocycles. The van der Waals surface area contributed by atoms with Crippen molar-refractivity contribution < 1.29 is 14.6 Å². The minimum Gasteiger partial charge on any atom is -0.493 e.